The van der Waals surface area contributed by atoms with Gasteiger partial charge in [-0.3, -0.25) is 0 Å². The highest BCUT2D eigenvalue weighted by Gasteiger charge is 2.23. The first kappa shape index (κ1) is 13.0. The molecule has 0 bridgehead atoms. The van der Waals surface area contributed by atoms with Crippen LogP contribution in [-0.4, -0.2) is 30.7 Å². The van der Waals surface area contributed by atoms with E-state index in [1.165, 1.54) is 12.8 Å². The first-order chi connectivity index (χ1) is 10.3. The van der Waals surface area contributed by atoms with Crippen LogP contribution in [0.15, 0.2) is 24.4 Å². The molecule has 0 saturated carbocycles. The molecule has 2 aromatic rings. The highest BCUT2D eigenvalue weighted by molar-refractivity contribution is 6.18. The van der Waals surface area contributed by atoms with E-state index in [-0.39, 0.29) is 0 Å². The van der Waals surface area contributed by atoms with Gasteiger partial charge < -0.3 is 14.4 Å². The van der Waals surface area contributed by atoms with Crippen molar-refractivity contribution in [1.82, 2.24) is 4.98 Å². The molecule has 1 unspecified atom stereocenters. The lowest BCUT2D eigenvalue weighted by Crippen LogP contribution is -2.36. The monoisotopic (exact) mass is 304 g/mol. The average Bonchev–Trinajstić information content (AvgIpc) is 2.99. The van der Waals surface area contributed by atoms with Gasteiger partial charge in [-0.1, -0.05) is 0 Å². The molecule has 0 amide bonds. The van der Waals surface area contributed by atoms with Gasteiger partial charge in [-0.25, -0.2) is 4.98 Å². The minimum Gasteiger partial charge on any atom is -0.454 e. The number of alkyl halides is 1. The van der Waals surface area contributed by atoms with E-state index in [4.69, 9.17) is 21.1 Å². The second-order valence-corrected chi connectivity index (χ2v) is 5.98. The van der Waals surface area contributed by atoms with Gasteiger partial charge in [-0.05, 0) is 42.3 Å². The Morgan fingerprint density at radius 1 is 1.29 bits per heavy atom. The molecule has 1 fully saturated rings. The second kappa shape index (κ2) is 5.26. The number of anilines is 1. The van der Waals surface area contributed by atoms with Crippen LogP contribution in [0.3, 0.4) is 0 Å². The van der Waals surface area contributed by atoms with Gasteiger partial charge in [0.1, 0.15) is 5.82 Å². The lowest BCUT2D eigenvalue weighted by molar-refractivity contribution is 0.174. The Morgan fingerprint density at radius 2 is 2.14 bits per heavy atom. The summed E-state index contributed by atoms with van der Waals surface area (Å²) in [6, 6.07) is 6.10. The molecule has 0 radical (unpaired) electrons. The van der Waals surface area contributed by atoms with Crippen LogP contribution >= 0.6 is 11.6 Å². The molecule has 4 rings (SSSR count). The zero-order valence-corrected chi connectivity index (χ0v) is 12.5. The summed E-state index contributed by atoms with van der Waals surface area (Å²) < 4.78 is 11.0. The molecule has 0 aliphatic carbocycles. The fourth-order valence-corrected chi connectivity index (χ4v) is 3.43. The average molecular weight is 305 g/mol. The Hall–Kier alpha value is -1.68. The van der Waals surface area contributed by atoms with Crippen molar-refractivity contribution in [3.63, 3.8) is 0 Å². The molecule has 1 aromatic heterocycles. The zero-order valence-electron chi connectivity index (χ0n) is 11.7. The van der Waals surface area contributed by atoms with Crippen molar-refractivity contribution in [1.29, 1.82) is 0 Å². The summed E-state index contributed by atoms with van der Waals surface area (Å²) in [7, 11) is 0. The fourth-order valence-electron chi connectivity index (χ4n) is 3.18. The molecular weight excluding hydrogens is 288 g/mol. The fraction of sp³-hybridized carbons (Fsp3) is 0.438. The third-order valence-electron chi connectivity index (χ3n) is 4.27. The molecular formula is C16H17ClN2O2. The third kappa shape index (κ3) is 2.27. The SMILES string of the molecule is ClCC1CCCN(c2nccc3cc4c(cc23)OCO4)C1. The van der Waals surface area contributed by atoms with Crippen LogP contribution in [-0.2, 0) is 0 Å². The van der Waals surface area contributed by atoms with Gasteiger partial charge in [0.25, 0.3) is 0 Å². The van der Waals surface area contributed by atoms with Crippen molar-refractivity contribution < 1.29 is 9.47 Å². The number of pyridine rings is 1. The first-order valence-electron chi connectivity index (χ1n) is 7.34. The Morgan fingerprint density at radius 3 is 3.00 bits per heavy atom. The third-order valence-corrected chi connectivity index (χ3v) is 4.71. The Balaban J connectivity index is 1.78. The van der Waals surface area contributed by atoms with Gasteiger partial charge in [0.15, 0.2) is 11.5 Å². The number of halogens is 1. The maximum absolute atomic E-state index is 6.04. The predicted molar refractivity (Wildman–Crippen MR) is 83.5 cm³/mol. The van der Waals surface area contributed by atoms with E-state index < -0.39 is 0 Å². The van der Waals surface area contributed by atoms with E-state index in [0.29, 0.717) is 18.6 Å². The van der Waals surface area contributed by atoms with Crippen LogP contribution in [0.25, 0.3) is 10.8 Å². The number of fused-ring (bicyclic) bond motifs is 2. The summed E-state index contributed by atoms with van der Waals surface area (Å²) in [5.74, 6) is 3.92. The van der Waals surface area contributed by atoms with E-state index in [1.54, 1.807) is 0 Å². The topological polar surface area (TPSA) is 34.6 Å². The summed E-state index contributed by atoms with van der Waals surface area (Å²) in [5, 5.41) is 2.26. The second-order valence-electron chi connectivity index (χ2n) is 5.67. The number of piperidine rings is 1. The lowest BCUT2D eigenvalue weighted by Gasteiger charge is -2.33. The van der Waals surface area contributed by atoms with Crippen LogP contribution in [0.4, 0.5) is 5.82 Å². The zero-order chi connectivity index (χ0) is 14.2. The number of ether oxygens (including phenoxy) is 2. The summed E-state index contributed by atoms with van der Waals surface area (Å²) in [4.78, 5) is 6.96. The van der Waals surface area contributed by atoms with E-state index in [0.717, 1.165) is 41.2 Å². The molecule has 4 nitrogen and oxygen atoms in total. The molecule has 110 valence electrons. The quantitative estimate of drug-likeness (QED) is 0.796. The molecule has 2 aliphatic heterocycles. The molecule has 21 heavy (non-hydrogen) atoms. The van der Waals surface area contributed by atoms with Crippen molar-refractivity contribution in [3.05, 3.63) is 24.4 Å². The van der Waals surface area contributed by atoms with Gasteiger partial charge >= 0.3 is 0 Å². The number of aromatic nitrogens is 1. The molecule has 5 heteroatoms. The van der Waals surface area contributed by atoms with Crippen molar-refractivity contribution in [2.75, 3.05) is 30.7 Å². The van der Waals surface area contributed by atoms with Crippen LogP contribution in [0.1, 0.15) is 12.8 Å². The maximum Gasteiger partial charge on any atom is 0.231 e. The molecule has 1 aromatic carbocycles. The number of hydrogen-bond acceptors (Lipinski definition) is 4. The highest BCUT2D eigenvalue weighted by Crippen LogP contribution is 2.39. The Labute approximate surface area is 128 Å². The van der Waals surface area contributed by atoms with Crippen molar-refractivity contribution in [3.8, 4) is 11.5 Å². The molecule has 1 atom stereocenters. The maximum atomic E-state index is 6.04. The van der Waals surface area contributed by atoms with Crippen LogP contribution < -0.4 is 14.4 Å². The Bertz CT molecular complexity index is 677. The minimum atomic E-state index is 0.298. The summed E-state index contributed by atoms with van der Waals surface area (Å²) in [6.07, 6.45) is 4.24. The predicted octanol–water partition coefficient (Wildman–Crippen LogP) is 3.42. The number of nitrogens with zero attached hydrogens (tertiary/aromatic N) is 2. The van der Waals surface area contributed by atoms with Gasteiger partial charge in [0, 0.05) is 30.6 Å². The Kier molecular flexibility index (Phi) is 3.26. The first-order valence-corrected chi connectivity index (χ1v) is 7.88. The van der Waals surface area contributed by atoms with E-state index in [9.17, 15) is 0 Å². The molecule has 2 aliphatic rings. The van der Waals surface area contributed by atoms with Gasteiger partial charge in [0.05, 0.1) is 0 Å². The van der Waals surface area contributed by atoms with Crippen molar-refractivity contribution in [2.24, 2.45) is 5.92 Å². The minimum absolute atomic E-state index is 0.298. The van der Waals surface area contributed by atoms with Gasteiger partial charge in [-0.15, -0.1) is 11.6 Å². The lowest BCUT2D eigenvalue weighted by atomic mass is 9.99. The summed E-state index contributed by atoms with van der Waals surface area (Å²) in [6.45, 7) is 2.31. The van der Waals surface area contributed by atoms with E-state index in [1.807, 2.05) is 24.4 Å². The largest absolute Gasteiger partial charge is 0.454 e. The number of rotatable bonds is 2. The van der Waals surface area contributed by atoms with Crippen molar-refractivity contribution >= 4 is 28.2 Å². The van der Waals surface area contributed by atoms with Crippen LogP contribution in [0.5, 0.6) is 11.5 Å². The van der Waals surface area contributed by atoms with E-state index >= 15 is 0 Å². The normalized spacial score (nSPS) is 21.0. The molecule has 0 spiro atoms. The van der Waals surface area contributed by atoms with Gasteiger partial charge in [-0.2, -0.15) is 0 Å². The summed E-state index contributed by atoms with van der Waals surface area (Å²) in [5.41, 5.74) is 0. The smallest absolute Gasteiger partial charge is 0.231 e. The van der Waals surface area contributed by atoms with Crippen molar-refractivity contribution in [2.45, 2.75) is 12.8 Å². The highest BCUT2D eigenvalue weighted by atomic mass is 35.5. The standard InChI is InChI=1S/C16H17ClN2O2/c17-8-11-2-1-5-19(9-11)16-13-7-15-14(20-10-21-15)6-12(13)3-4-18-16/h3-4,6-7,11H,1-2,5,8-10H2. The molecule has 0 N–H and O–H groups in total. The summed E-state index contributed by atoms with van der Waals surface area (Å²) >= 11 is 6.04. The molecule has 3 heterocycles. The van der Waals surface area contributed by atoms with Crippen LogP contribution in [0.2, 0.25) is 0 Å². The van der Waals surface area contributed by atoms with Crippen LogP contribution in [0, 0.1) is 5.92 Å². The van der Waals surface area contributed by atoms with Gasteiger partial charge in [0.2, 0.25) is 6.79 Å². The van der Waals surface area contributed by atoms with E-state index in [2.05, 4.69) is 9.88 Å². The number of benzene rings is 1. The molecule has 1 saturated heterocycles. The number of hydrogen-bond donors (Lipinski definition) is 0.